The van der Waals surface area contributed by atoms with Crippen LogP contribution in [0.2, 0.25) is 10.0 Å². The summed E-state index contributed by atoms with van der Waals surface area (Å²) in [5, 5.41) is 1.21. The van der Waals surface area contributed by atoms with Gasteiger partial charge in [0.15, 0.2) is 6.29 Å². The third kappa shape index (κ3) is 3.29. The predicted octanol–water partition coefficient (Wildman–Crippen LogP) is 3.17. The second kappa shape index (κ2) is 5.80. The lowest BCUT2D eigenvalue weighted by Crippen LogP contribution is -2.65. The molecule has 1 aromatic rings. The van der Waals surface area contributed by atoms with E-state index in [0.29, 0.717) is 35.8 Å². The SMILES string of the molecule is CC(C)N1CC(C=O)(OCc2cc(Cl)ccc2Cl)C1. The fourth-order valence-corrected chi connectivity index (χ4v) is 2.45. The number of likely N-dealkylation sites (tertiary alicyclic amines) is 1. The van der Waals surface area contributed by atoms with Gasteiger partial charge in [-0.15, -0.1) is 0 Å². The van der Waals surface area contributed by atoms with Gasteiger partial charge in [0.2, 0.25) is 0 Å². The van der Waals surface area contributed by atoms with Gasteiger partial charge < -0.3 is 9.53 Å². The Morgan fingerprint density at radius 1 is 1.42 bits per heavy atom. The van der Waals surface area contributed by atoms with E-state index < -0.39 is 5.60 Å². The number of hydrogen-bond acceptors (Lipinski definition) is 3. The van der Waals surface area contributed by atoms with Gasteiger partial charge in [-0.1, -0.05) is 23.2 Å². The number of hydrogen-bond donors (Lipinski definition) is 0. The summed E-state index contributed by atoms with van der Waals surface area (Å²) >= 11 is 12.0. The van der Waals surface area contributed by atoms with Crippen LogP contribution in [0.5, 0.6) is 0 Å². The van der Waals surface area contributed by atoms with E-state index in [2.05, 4.69) is 18.7 Å². The average molecular weight is 302 g/mol. The van der Waals surface area contributed by atoms with Gasteiger partial charge in [0.25, 0.3) is 0 Å². The molecule has 0 amide bonds. The zero-order valence-corrected chi connectivity index (χ0v) is 12.5. The molecular formula is C14H17Cl2NO2. The van der Waals surface area contributed by atoms with Gasteiger partial charge in [0.1, 0.15) is 5.60 Å². The third-order valence-electron chi connectivity index (χ3n) is 3.41. The monoisotopic (exact) mass is 301 g/mol. The molecule has 0 bridgehead atoms. The van der Waals surface area contributed by atoms with Crippen molar-refractivity contribution in [3.05, 3.63) is 33.8 Å². The van der Waals surface area contributed by atoms with Gasteiger partial charge in [-0.05, 0) is 37.6 Å². The van der Waals surface area contributed by atoms with Crippen molar-refractivity contribution in [3.8, 4) is 0 Å². The standard InChI is InChI=1S/C14H17Cl2NO2/c1-10(2)17-7-14(8-17,9-18)19-6-11-5-12(15)3-4-13(11)16/h3-5,9-10H,6-8H2,1-2H3. The van der Waals surface area contributed by atoms with Crippen molar-refractivity contribution < 1.29 is 9.53 Å². The summed E-state index contributed by atoms with van der Waals surface area (Å²) in [6.45, 7) is 5.76. The highest BCUT2D eigenvalue weighted by molar-refractivity contribution is 6.33. The van der Waals surface area contributed by atoms with E-state index in [1.807, 2.05) is 0 Å². The van der Waals surface area contributed by atoms with Crippen molar-refractivity contribution in [2.24, 2.45) is 0 Å². The number of carbonyl (C=O) groups is 1. The maximum absolute atomic E-state index is 11.2. The molecule has 1 aliphatic heterocycles. The first kappa shape index (κ1) is 14.8. The van der Waals surface area contributed by atoms with Crippen molar-refractivity contribution in [3.63, 3.8) is 0 Å². The molecule has 3 nitrogen and oxygen atoms in total. The number of halogens is 2. The summed E-state index contributed by atoms with van der Waals surface area (Å²) in [7, 11) is 0. The van der Waals surface area contributed by atoms with Crippen molar-refractivity contribution in [2.75, 3.05) is 13.1 Å². The van der Waals surface area contributed by atoms with Gasteiger partial charge in [-0.25, -0.2) is 0 Å². The Labute approximate surface area is 123 Å². The van der Waals surface area contributed by atoms with Crippen LogP contribution in [0.4, 0.5) is 0 Å². The highest BCUT2D eigenvalue weighted by Gasteiger charge is 2.45. The molecule has 1 fully saturated rings. The van der Waals surface area contributed by atoms with E-state index in [0.717, 1.165) is 11.8 Å². The smallest absolute Gasteiger partial charge is 0.154 e. The molecule has 5 heteroatoms. The van der Waals surface area contributed by atoms with Crippen LogP contribution < -0.4 is 0 Å². The number of carbonyl (C=O) groups excluding carboxylic acids is 1. The predicted molar refractivity (Wildman–Crippen MR) is 76.8 cm³/mol. The Morgan fingerprint density at radius 3 is 2.68 bits per heavy atom. The van der Waals surface area contributed by atoms with Gasteiger partial charge in [0, 0.05) is 29.2 Å². The van der Waals surface area contributed by atoms with Crippen LogP contribution in [-0.4, -0.2) is 35.9 Å². The molecule has 0 spiro atoms. The molecule has 0 unspecified atom stereocenters. The highest BCUT2D eigenvalue weighted by atomic mass is 35.5. The molecule has 0 saturated carbocycles. The maximum atomic E-state index is 11.2. The molecule has 0 radical (unpaired) electrons. The maximum Gasteiger partial charge on any atom is 0.154 e. The van der Waals surface area contributed by atoms with Gasteiger partial charge >= 0.3 is 0 Å². The van der Waals surface area contributed by atoms with Crippen LogP contribution in [0.1, 0.15) is 19.4 Å². The van der Waals surface area contributed by atoms with Crippen LogP contribution in [0, 0.1) is 0 Å². The number of benzene rings is 1. The molecule has 2 rings (SSSR count). The summed E-state index contributed by atoms with van der Waals surface area (Å²) in [5.41, 5.74) is 0.106. The topological polar surface area (TPSA) is 29.5 Å². The summed E-state index contributed by atoms with van der Waals surface area (Å²) < 4.78 is 5.76. The fraction of sp³-hybridized carbons (Fsp3) is 0.500. The van der Waals surface area contributed by atoms with Gasteiger partial charge in [0.05, 0.1) is 6.61 Å². The summed E-state index contributed by atoms with van der Waals surface area (Å²) in [4.78, 5) is 13.4. The summed E-state index contributed by atoms with van der Waals surface area (Å²) in [6, 6.07) is 5.65. The molecular weight excluding hydrogens is 285 g/mol. The van der Waals surface area contributed by atoms with Crippen LogP contribution in [0.15, 0.2) is 18.2 Å². The zero-order chi connectivity index (χ0) is 14.0. The average Bonchev–Trinajstić information content (AvgIpc) is 2.32. The van der Waals surface area contributed by atoms with E-state index >= 15 is 0 Å². The van der Waals surface area contributed by atoms with E-state index in [9.17, 15) is 4.79 Å². The van der Waals surface area contributed by atoms with Gasteiger partial charge in [-0.2, -0.15) is 0 Å². The lowest BCUT2D eigenvalue weighted by atomic mass is 9.94. The van der Waals surface area contributed by atoms with Crippen LogP contribution in [-0.2, 0) is 16.1 Å². The zero-order valence-electron chi connectivity index (χ0n) is 11.0. The number of nitrogens with zero attached hydrogens (tertiary/aromatic N) is 1. The van der Waals surface area contributed by atoms with Crippen molar-refractivity contribution in [1.29, 1.82) is 0 Å². The Hall–Kier alpha value is -0.610. The van der Waals surface area contributed by atoms with E-state index in [1.165, 1.54) is 0 Å². The molecule has 0 N–H and O–H groups in total. The minimum absolute atomic E-state index is 0.296. The minimum Gasteiger partial charge on any atom is -0.360 e. The highest BCUT2D eigenvalue weighted by Crippen LogP contribution is 2.28. The first-order valence-corrected chi connectivity index (χ1v) is 7.00. The Balaban J connectivity index is 1.98. The molecule has 0 aliphatic carbocycles. The van der Waals surface area contributed by atoms with E-state index in [4.69, 9.17) is 27.9 Å². The summed E-state index contributed by atoms with van der Waals surface area (Å²) in [5.74, 6) is 0. The Kier molecular flexibility index (Phi) is 4.51. The first-order valence-electron chi connectivity index (χ1n) is 6.24. The first-order chi connectivity index (χ1) is 8.96. The molecule has 104 valence electrons. The van der Waals surface area contributed by atoms with Crippen LogP contribution in [0.3, 0.4) is 0 Å². The second-order valence-electron chi connectivity index (χ2n) is 5.21. The molecule has 19 heavy (non-hydrogen) atoms. The number of ether oxygens (including phenoxy) is 1. The molecule has 0 aromatic heterocycles. The largest absolute Gasteiger partial charge is 0.360 e. The number of rotatable bonds is 5. The Bertz CT molecular complexity index is 471. The molecule has 1 aliphatic rings. The molecule has 1 saturated heterocycles. The minimum atomic E-state index is -0.698. The Morgan fingerprint density at radius 2 is 2.11 bits per heavy atom. The normalized spacial score (nSPS) is 18.4. The lowest BCUT2D eigenvalue weighted by Gasteiger charge is -2.48. The number of aldehydes is 1. The lowest BCUT2D eigenvalue weighted by molar-refractivity contribution is -0.167. The van der Waals surface area contributed by atoms with Crippen molar-refractivity contribution >= 4 is 29.5 Å². The quantitative estimate of drug-likeness (QED) is 0.782. The van der Waals surface area contributed by atoms with Gasteiger partial charge in [-0.3, -0.25) is 4.90 Å². The molecule has 0 atom stereocenters. The van der Waals surface area contributed by atoms with E-state index in [-0.39, 0.29) is 0 Å². The second-order valence-corrected chi connectivity index (χ2v) is 6.05. The van der Waals surface area contributed by atoms with Crippen LogP contribution >= 0.6 is 23.2 Å². The van der Waals surface area contributed by atoms with Crippen molar-refractivity contribution in [1.82, 2.24) is 4.90 Å². The summed E-state index contributed by atoms with van der Waals surface area (Å²) in [6.07, 6.45) is 0.893. The van der Waals surface area contributed by atoms with Crippen molar-refractivity contribution in [2.45, 2.75) is 32.1 Å². The van der Waals surface area contributed by atoms with E-state index in [1.54, 1.807) is 18.2 Å². The fourth-order valence-electron chi connectivity index (χ4n) is 2.08. The third-order valence-corrected chi connectivity index (χ3v) is 4.01. The molecule has 1 aromatic carbocycles. The van der Waals surface area contributed by atoms with Crippen LogP contribution in [0.25, 0.3) is 0 Å². The molecule has 1 heterocycles.